The van der Waals surface area contributed by atoms with Crippen molar-refractivity contribution in [1.82, 2.24) is 0 Å². The molecule has 9 heteroatoms. The molecule has 0 radical (unpaired) electrons. The molecule has 2 N–H and O–H groups in total. The average Bonchev–Trinajstić information content (AvgIpc) is 3.05. The maximum Gasteiger partial charge on any atom is 0.469 e. The number of allylic oxidation sites excluding steroid dienone is 22. The highest BCUT2D eigenvalue weighted by atomic mass is 31.2. The zero-order valence-electron chi connectivity index (χ0n) is 28.6. The van der Waals surface area contributed by atoms with Gasteiger partial charge in [-0.1, -0.05) is 154 Å². The van der Waals surface area contributed by atoms with Crippen LogP contribution < -0.4 is 0 Å². The van der Waals surface area contributed by atoms with Gasteiger partial charge in [-0.3, -0.25) is 14.1 Å². The lowest BCUT2D eigenvalue weighted by Gasteiger charge is -2.18. The minimum atomic E-state index is -4.79. The Morgan fingerprint density at radius 1 is 0.542 bits per heavy atom. The number of phosphoric ester groups is 1. The Kier molecular flexibility index (Phi) is 30.5. The molecule has 0 aromatic carbocycles. The van der Waals surface area contributed by atoms with Crippen LogP contribution in [-0.4, -0.2) is 41.0 Å². The van der Waals surface area contributed by atoms with Crippen molar-refractivity contribution in [1.29, 1.82) is 0 Å². The first-order chi connectivity index (χ1) is 23.3. The summed E-state index contributed by atoms with van der Waals surface area (Å²) in [5.41, 5.74) is 0. The molecule has 0 aliphatic rings. The summed E-state index contributed by atoms with van der Waals surface area (Å²) in [6, 6.07) is 0. The van der Waals surface area contributed by atoms with Crippen molar-refractivity contribution in [3.63, 3.8) is 0 Å². The summed E-state index contributed by atoms with van der Waals surface area (Å²) in [6.45, 7) is 3.24. The highest BCUT2D eigenvalue weighted by Gasteiger charge is 2.22. The van der Waals surface area contributed by atoms with E-state index in [0.29, 0.717) is 19.3 Å². The average molecular weight is 683 g/mol. The Bertz CT molecular complexity index is 1220. The third-order valence-electron chi connectivity index (χ3n) is 5.95. The van der Waals surface area contributed by atoms with Crippen LogP contribution in [0.2, 0.25) is 0 Å². The number of hydrogen-bond donors (Lipinski definition) is 2. The number of carbonyl (C=O) groups excluding carboxylic acids is 2. The minimum Gasteiger partial charge on any atom is -0.462 e. The van der Waals surface area contributed by atoms with Gasteiger partial charge in [-0.15, -0.1) is 0 Å². The van der Waals surface area contributed by atoms with E-state index in [-0.39, 0.29) is 19.4 Å². The first kappa shape index (κ1) is 44.2. The van der Waals surface area contributed by atoms with Crippen LogP contribution in [-0.2, 0) is 28.2 Å². The molecule has 264 valence electrons. The smallest absolute Gasteiger partial charge is 0.462 e. The third-order valence-corrected chi connectivity index (χ3v) is 6.44. The summed E-state index contributed by atoms with van der Waals surface area (Å²) >= 11 is 0. The van der Waals surface area contributed by atoms with Crippen LogP contribution in [0.5, 0.6) is 0 Å². The lowest BCUT2D eigenvalue weighted by atomic mass is 10.1. The SMILES string of the molecule is CC/C=C/C=C/C=C/C=C/C=C/C=C/CCCCCC(=O)OCC(COP(=O)(O)O)OC(=O)CCC/C=C/C=C/C=C/C=C/C=C/CC. The Morgan fingerprint density at radius 3 is 1.42 bits per heavy atom. The molecule has 0 rings (SSSR count). The first-order valence-electron chi connectivity index (χ1n) is 16.6. The fraction of sp³-hybridized carbons (Fsp3) is 0.385. The second kappa shape index (κ2) is 33.1. The van der Waals surface area contributed by atoms with Crippen molar-refractivity contribution in [2.24, 2.45) is 0 Å². The molecule has 0 aliphatic heterocycles. The molecule has 8 nitrogen and oxygen atoms in total. The van der Waals surface area contributed by atoms with Gasteiger partial charge in [0.1, 0.15) is 6.61 Å². The van der Waals surface area contributed by atoms with Gasteiger partial charge in [-0.05, 0) is 44.9 Å². The molecule has 0 aromatic rings. The van der Waals surface area contributed by atoms with E-state index in [9.17, 15) is 14.2 Å². The van der Waals surface area contributed by atoms with Crippen LogP contribution in [0.1, 0.15) is 78.1 Å². The van der Waals surface area contributed by atoms with E-state index in [4.69, 9.17) is 19.3 Å². The van der Waals surface area contributed by atoms with Crippen molar-refractivity contribution >= 4 is 19.8 Å². The van der Waals surface area contributed by atoms with E-state index in [0.717, 1.165) is 32.1 Å². The van der Waals surface area contributed by atoms with Crippen molar-refractivity contribution in [3.8, 4) is 0 Å². The van der Waals surface area contributed by atoms with E-state index in [1.807, 2.05) is 115 Å². The molecule has 48 heavy (non-hydrogen) atoms. The Morgan fingerprint density at radius 2 is 0.958 bits per heavy atom. The van der Waals surface area contributed by atoms with Gasteiger partial charge in [0.05, 0.1) is 6.61 Å². The fourth-order valence-corrected chi connectivity index (χ4v) is 3.91. The van der Waals surface area contributed by atoms with Crippen molar-refractivity contribution in [3.05, 3.63) is 134 Å². The minimum absolute atomic E-state index is 0.0951. The summed E-state index contributed by atoms with van der Waals surface area (Å²) < 4.78 is 26.1. The molecule has 0 bridgehead atoms. The number of hydrogen-bond acceptors (Lipinski definition) is 6. The zero-order valence-corrected chi connectivity index (χ0v) is 29.4. The summed E-state index contributed by atoms with van der Waals surface area (Å²) in [4.78, 5) is 42.5. The zero-order chi connectivity index (χ0) is 35.4. The van der Waals surface area contributed by atoms with Crippen molar-refractivity contribution in [2.75, 3.05) is 13.2 Å². The lowest BCUT2D eigenvalue weighted by Crippen LogP contribution is -2.29. The van der Waals surface area contributed by atoms with Gasteiger partial charge in [-0.25, -0.2) is 4.57 Å². The Hall–Kier alpha value is -3.81. The molecule has 0 heterocycles. The number of ether oxygens (including phenoxy) is 2. The van der Waals surface area contributed by atoms with Gasteiger partial charge in [-0.2, -0.15) is 0 Å². The largest absolute Gasteiger partial charge is 0.469 e. The maximum atomic E-state index is 12.3. The van der Waals surface area contributed by atoms with Gasteiger partial charge in [0.25, 0.3) is 0 Å². The van der Waals surface area contributed by atoms with E-state index < -0.39 is 32.5 Å². The number of rotatable bonds is 27. The Balaban J connectivity index is 4.30. The first-order valence-corrected chi connectivity index (χ1v) is 18.2. The molecular formula is C39H55O8P. The van der Waals surface area contributed by atoms with Crippen LogP contribution in [0.25, 0.3) is 0 Å². The molecule has 0 saturated heterocycles. The van der Waals surface area contributed by atoms with Crippen LogP contribution in [0.4, 0.5) is 0 Å². The number of phosphoric acid groups is 1. The van der Waals surface area contributed by atoms with E-state index in [1.165, 1.54) is 0 Å². The maximum absolute atomic E-state index is 12.3. The molecule has 0 aliphatic carbocycles. The summed E-state index contributed by atoms with van der Waals surface area (Å²) in [5.74, 6) is -1.04. The second-order valence-corrected chi connectivity index (χ2v) is 11.5. The topological polar surface area (TPSA) is 119 Å². The quantitative estimate of drug-likeness (QED) is 0.0381. The molecule has 1 unspecified atom stereocenters. The van der Waals surface area contributed by atoms with Crippen molar-refractivity contribution in [2.45, 2.75) is 84.2 Å². The molecule has 0 aromatic heterocycles. The predicted octanol–water partition coefficient (Wildman–Crippen LogP) is 9.61. The van der Waals surface area contributed by atoms with Gasteiger partial charge < -0.3 is 19.3 Å². The summed E-state index contributed by atoms with van der Waals surface area (Å²) in [6.07, 6.45) is 48.9. The third kappa shape index (κ3) is 35.1. The molecule has 1 atom stereocenters. The van der Waals surface area contributed by atoms with Crippen LogP contribution in [0.15, 0.2) is 134 Å². The molecule has 0 amide bonds. The fourth-order valence-electron chi connectivity index (χ4n) is 3.55. The molecule has 0 fully saturated rings. The molecule has 0 spiro atoms. The summed E-state index contributed by atoms with van der Waals surface area (Å²) in [5, 5.41) is 0. The monoisotopic (exact) mass is 682 g/mol. The standard InChI is InChI=1S/C39H55O8P/c1-3-5-7-9-11-13-15-17-18-19-20-22-23-25-27-29-31-33-38(40)45-35-37(36-46-48(42,43)44)47-39(41)34-32-30-28-26-24-21-16-14-12-10-8-6-4-2/h5-24,26,28,37H,3-4,25,27,29-36H2,1-2H3,(H2,42,43,44)/b7-5+,8-6+,11-9+,12-10+,15-13+,16-14+,18-17+,20-19+,23-22+,24-21+,28-26+. The highest BCUT2D eigenvalue weighted by Crippen LogP contribution is 2.35. The van der Waals surface area contributed by atoms with Gasteiger partial charge in [0.15, 0.2) is 6.10 Å². The summed E-state index contributed by atoms with van der Waals surface area (Å²) in [7, 11) is -4.79. The number of unbranched alkanes of at least 4 members (excludes halogenated alkanes) is 4. The highest BCUT2D eigenvalue weighted by molar-refractivity contribution is 7.46. The van der Waals surface area contributed by atoms with Gasteiger partial charge >= 0.3 is 19.8 Å². The van der Waals surface area contributed by atoms with E-state index in [2.05, 4.69) is 36.6 Å². The molecular weight excluding hydrogens is 627 g/mol. The second-order valence-electron chi connectivity index (χ2n) is 10.3. The normalized spacial score (nSPS) is 14.2. The Labute approximate surface area is 288 Å². The van der Waals surface area contributed by atoms with Gasteiger partial charge in [0, 0.05) is 12.8 Å². The number of esters is 2. The van der Waals surface area contributed by atoms with Crippen molar-refractivity contribution < 1.29 is 37.9 Å². The molecule has 0 saturated carbocycles. The van der Waals surface area contributed by atoms with Crippen LogP contribution in [0, 0.1) is 0 Å². The lowest BCUT2D eigenvalue weighted by molar-refractivity contribution is -0.161. The predicted molar refractivity (Wildman–Crippen MR) is 197 cm³/mol. The number of carbonyl (C=O) groups is 2. The van der Waals surface area contributed by atoms with E-state index >= 15 is 0 Å². The van der Waals surface area contributed by atoms with Gasteiger partial charge in [0.2, 0.25) is 0 Å². The van der Waals surface area contributed by atoms with E-state index in [1.54, 1.807) is 0 Å². The van der Waals surface area contributed by atoms with Crippen LogP contribution in [0.3, 0.4) is 0 Å². The van der Waals surface area contributed by atoms with Crippen LogP contribution >= 0.6 is 7.82 Å².